The van der Waals surface area contributed by atoms with Crippen molar-refractivity contribution in [2.75, 3.05) is 5.75 Å². The van der Waals surface area contributed by atoms with E-state index in [2.05, 4.69) is 45.5 Å². The summed E-state index contributed by atoms with van der Waals surface area (Å²) in [7, 11) is 0. The van der Waals surface area contributed by atoms with Gasteiger partial charge in [0.15, 0.2) is 0 Å². The summed E-state index contributed by atoms with van der Waals surface area (Å²) in [5.41, 5.74) is 2.13. The Kier molecular flexibility index (Phi) is 5.81. The second-order valence-corrected chi connectivity index (χ2v) is 6.28. The number of hydrogen-bond donors (Lipinski definition) is 0. The molecule has 0 radical (unpaired) electrons. The highest BCUT2D eigenvalue weighted by Gasteiger charge is 2.09. The standard InChI is InChI=1S/C18H19N3OS/c1-3-9-15(10-4-1)11-5-2-8-14-23-18-21-20-17(22-18)16-12-6-7-13-19-16/h1,3-4,6-7,9-10,12-13H,2,5,8,11,14H2. The third-order valence-corrected chi connectivity index (χ3v) is 4.37. The second-order valence-electron chi connectivity index (χ2n) is 5.23. The van der Waals surface area contributed by atoms with Crippen LogP contribution in [-0.2, 0) is 6.42 Å². The normalized spacial score (nSPS) is 10.8. The molecule has 3 rings (SSSR count). The highest BCUT2D eigenvalue weighted by molar-refractivity contribution is 7.99. The first-order chi connectivity index (χ1) is 11.4. The molecule has 2 aromatic heterocycles. The van der Waals surface area contributed by atoms with Crippen LogP contribution in [0.1, 0.15) is 24.8 Å². The second kappa shape index (κ2) is 8.48. The molecule has 0 aliphatic carbocycles. The third kappa shape index (κ3) is 4.93. The van der Waals surface area contributed by atoms with Crippen LogP contribution in [0.25, 0.3) is 11.6 Å². The monoisotopic (exact) mass is 325 g/mol. The van der Waals surface area contributed by atoms with Crippen LogP contribution in [0.5, 0.6) is 0 Å². The van der Waals surface area contributed by atoms with Gasteiger partial charge in [0, 0.05) is 11.9 Å². The van der Waals surface area contributed by atoms with E-state index in [1.165, 1.54) is 18.4 Å². The van der Waals surface area contributed by atoms with Crippen LogP contribution < -0.4 is 0 Å². The summed E-state index contributed by atoms with van der Waals surface area (Å²) < 4.78 is 5.62. The minimum absolute atomic E-state index is 0.483. The molecule has 0 unspecified atom stereocenters. The van der Waals surface area contributed by atoms with Crippen molar-refractivity contribution in [3.63, 3.8) is 0 Å². The number of thioether (sulfide) groups is 1. The molecule has 0 spiro atoms. The van der Waals surface area contributed by atoms with Crippen LogP contribution in [0.3, 0.4) is 0 Å². The van der Waals surface area contributed by atoms with E-state index < -0.39 is 0 Å². The van der Waals surface area contributed by atoms with Crippen molar-refractivity contribution in [3.8, 4) is 11.6 Å². The van der Waals surface area contributed by atoms with Gasteiger partial charge in [-0.2, -0.15) is 0 Å². The fourth-order valence-corrected chi connectivity index (χ4v) is 3.03. The Morgan fingerprint density at radius 2 is 1.74 bits per heavy atom. The van der Waals surface area contributed by atoms with E-state index in [-0.39, 0.29) is 0 Å². The first-order valence-corrected chi connectivity index (χ1v) is 8.82. The van der Waals surface area contributed by atoms with E-state index in [1.807, 2.05) is 18.2 Å². The molecular weight excluding hydrogens is 306 g/mol. The van der Waals surface area contributed by atoms with Crippen molar-refractivity contribution in [2.45, 2.75) is 30.9 Å². The van der Waals surface area contributed by atoms with Crippen LogP contribution in [0.15, 0.2) is 64.4 Å². The molecule has 118 valence electrons. The van der Waals surface area contributed by atoms with Crippen molar-refractivity contribution in [3.05, 3.63) is 60.3 Å². The minimum Gasteiger partial charge on any atom is -0.410 e. The van der Waals surface area contributed by atoms with Gasteiger partial charge in [-0.3, -0.25) is 4.98 Å². The minimum atomic E-state index is 0.483. The van der Waals surface area contributed by atoms with Crippen LogP contribution in [0.2, 0.25) is 0 Å². The molecule has 0 aliphatic rings. The fraction of sp³-hybridized carbons (Fsp3) is 0.278. The average molecular weight is 325 g/mol. The van der Waals surface area contributed by atoms with Gasteiger partial charge >= 0.3 is 0 Å². The van der Waals surface area contributed by atoms with Gasteiger partial charge in [0.1, 0.15) is 5.69 Å². The zero-order chi connectivity index (χ0) is 15.7. The van der Waals surface area contributed by atoms with E-state index >= 15 is 0 Å². The molecule has 0 fully saturated rings. The molecule has 0 N–H and O–H groups in total. The lowest BCUT2D eigenvalue weighted by molar-refractivity contribution is 0.464. The van der Waals surface area contributed by atoms with E-state index in [0.717, 1.165) is 24.3 Å². The zero-order valence-electron chi connectivity index (χ0n) is 12.9. The van der Waals surface area contributed by atoms with Gasteiger partial charge in [-0.25, -0.2) is 0 Å². The molecule has 3 aromatic rings. The number of nitrogens with zero attached hydrogens (tertiary/aromatic N) is 3. The first kappa shape index (κ1) is 15.7. The quantitative estimate of drug-likeness (QED) is 0.446. The summed E-state index contributed by atoms with van der Waals surface area (Å²) >= 11 is 1.61. The molecule has 0 saturated heterocycles. The molecule has 0 saturated carbocycles. The van der Waals surface area contributed by atoms with Crippen molar-refractivity contribution >= 4 is 11.8 Å². The van der Waals surface area contributed by atoms with Gasteiger partial charge in [-0.05, 0) is 37.0 Å². The molecule has 0 bridgehead atoms. The smallest absolute Gasteiger partial charge is 0.276 e. The molecule has 1 aromatic carbocycles. The largest absolute Gasteiger partial charge is 0.410 e. The van der Waals surface area contributed by atoms with Crippen molar-refractivity contribution in [1.29, 1.82) is 0 Å². The Labute approximate surface area is 140 Å². The zero-order valence-corrected chi connectivity index (χ0v) is 13.7. The number of aryl methyl sites for hydroxylation is 1. The number of rotatable bonds is 8. The summed E-state index contributed by atoms with van der Waals surface area (Å²) in [4.78, 5) is 4.21. The maximum atomic E-state index is 5.62. The Morgan fingerprint density at radius 1 is 0.870 bits per heavy atom. The summed E-state index contributed by atoms with van der Waals surface area (Å²) in [5, 5.41) is 8.72. The molecule has 0 aliphatic heterocycles. The molecular formula is C18H19N3OS. The number of aromatic nitrogens is 3. The number of hydrogen-bond acceptors (Lipinski definition) is 5. The van der Waals surface area contributed by atoms with Crippen LogP contribution in [-0.4, -0.2) is 20.9 Å². The predicted molar refractivity (Wildman–Crippen MR) is 92.3 cm³/mol. The van der Waals surface area contributed by atoms with Gasteiger partial charge in [-0.1, -0.05) is 54.6 Å². The van der Waals surface area contributed by atoms with Crippen molar-refractivity contribution in [2.24, 2.45) is 0 Å². The lowest BCUT2D eigenvalue weighted by atomic mass is 10.1. The maximum absolute atomic E-state index is 5.62. The number of unbranched alkanes of at least 4 members (excludes halogenated alkanes) is 2. The molecule has 2 heterocycles. The SMILES string of the molecule is c1ccc(CCCCCSc2nnc(-c3ccccn3)o2)cc1. The summed E-state index contributed by atoms with van der Waals surface area (Å²) in [6.07, 6.45) is 6.45. The van der Waals surface area contributed by atoms with Gasteiger partial charge in [-0.15, -0.1) is 10.2 Å². The molecule has 5 heteroatoms. The lowest BCUT2D eigenvalue weighted by Crippen LogP contribution is -1.87. The van der Waals surface area contributed by atoms with Crippen molar-refractivity contribution < 1.29 is 4.42 Å². The lowest BCUT2D eigenvalue weighted by Gasteiger charge is -2.00. The van der Waals surface area contributed by atoms with Crippen LogP contribution in [0, 0.1) is 0 Å². The Morgan fingerprint density at radius 3 is 2.57 bits per heavy atom. The molecule has 4 nitrogen and oxygen atoms in total. The summed E-state index contributed by atoms with van der Waals surface area (Å²) in [6.45, 7) is 0. The number of pyridine rings is 1. The van der Waals surface area contributed by atoms with E-state index in [9.17, 15) is 0 Å². The van der Waals surface area contributed by atoms with Crippen molar-refractivity contribution in [1.82, 2.24) is 15.2 Å². The fourth-order valence-electron chi connectivity index (χ4n) is 2.27. The topological polar surface area (TPSA) is 51.8 Å². The van der Waals surface area contributed by atoms with Gasteiger partial charge < -0.3 is 4.42 Å². The predicted octanol–water partition coefficient (Wildman–Crippen LogP) is 4.64. The number of benzene rings is 1. The van der Waals surface area contributed by atoms with Gasteiger partial charge in [0.25, 0.3) is 11.1 Å². The molecule has 23 heavy (non-hydrogen) atoms. The van der Waals surface area contributed by atoms with E-state index in [0.29, 0.717) is 11.1 Å². The maximum Gasteiger partial charge on any atom is 0.276 e. The van der Waals surface area contributed by atoms with Crippen LogP contribution >= 0.6 is 11.8 Å². The molecule has 0 atom stereocenters. The third-order valence-electron chi connectivity index (χ3n) is 3.47. The summed E-state index contributed by atoms with van der Waals surface area (Å²) in [5.74, 6) is 1.48. The Bertz CT molecular complexity index is 701. The highest BCUT2D eigenvalue weighted by atomic mass is 32.2. The van der Waals surface area contributed by atoms with Gasteiger partial charge in [0.05, 0.1) is 0 Å². The Hall–Kier alpha value is -2.14. The van der Waals surface area contributed by atoms with E-state index in [4.69, 9.17) is 4.42 Å². The average Bonchev–Trinajstić information content (AvgIpc) is 3.09. The van der Waals surface area contributed by atoms with Gasteiger partial charge in [0.2, 0.25) is 0 Å². The summed E-state index contributed by atoms with van der Waals surface area (Å²) in [6, 6.07) is 16.3. The molecule has 0 amide bonds. The Balaban J connectivity index is 1.36. The first-order valence-electron chi connectivity index (χ1n) is 7.83. The van der Waals surface area contributed by atoms with Crippen LogP contribution in [0.4, 0.5) is 0 Å². The van der Waals surface area contributed by atoms with E-state index in [1.54, 1.807) is 18.0 Å². The highest BCUT2D eigenvalue weighted by Crippen LogP contribution is 2.22.